The van der Waals surface area contributed by atoms with Gasteiger partial charge in [-0.2, -0.15) is 0 Å². The fourth-order valence-electron chi connectivity index (χ4n) is 2.24. The number of ether oxygens (including phenoxy) is 1. The third kappa shape index (κ3) is 4.72. The summed E-state index contributed by atoms with van der Waals surface area (Å²) < 4.78 is 12.3. The number of anilines is 1. The van der Waals surface area contributed by atoms with Crippen LogP contribution in [0.1, 0.15) is 33.6 Å². The van der Waals surface area contributed by atoms with E-state index >= 15 is 0 Å². The number of rotatable bonds is 6. The van der Waals surface area contributed by atoms with Crippen LogP contribution in [0.3, 0.4) is 0 Å². The monoisotopic (exact) mass is 461 g/mol. The lowest BCUT2D eigenvalue weighted by Crippen LogP contribution is -2.11. The van der Waals surface area contributed by atoms with Gasteiger partial charge in [0.15, 0.2) is 11.5 Å². The second-order valence-corrected chi connectivity index (χ2v) is 6.84. The van der Waals surface area contributed by atoms with Gasteiger partial charge in [-0.25, -0.2) is 0 Å². The van der Waals surface area contributed by atoms with Crippen molar-refractivity contribution in [2.24, 2.45) is 0 Å². The van der Waals surface area contributed by atoms with E-state index in [4.69, 9.17) is 9.15 Å². The Labute approximate surface area is 164 Å². The first-order valence-electron chi connectivity index (χ1n) is 7.91. The zero-order valence-corrected chi connectivity index (χ0v) is 16.1. The highest BCUT2D eigenvalue weighted by molar-refractivity contribution is 14.1. The molecule has 0 radical (unpaired) electrons. The molecule has 3 rings (SSSR count). The van der Waals surface area contributed by atoms with Gasteiger partial charge in [-0.05, 0) is 90.2 Å². The molecule has 1 heterocycles. The van der Waals surface area contributed by atoms with Crippen molar-refractivity contribution in [1.82, 2.24) is 0 Å². The van der Waals surface area contributed by atoms with Gasteiger partial charge in [-0.3, -0.25) is 9.59 Å². The summed E-state index contributed by atoms with van der Waals surface area (Å²) in [7, 11) is 0. The van der Waals surface area contributed by atoms with Crippen molar-refractivity contribution in [3.05, 3.63) is 81.3 Å². The molecule has 0 saturated heterocycles. The Hall–Kier alpha value is -2.61. The average Bonchev–Trinajstić information content (AvgIpc) is 3.11. The van der Waals surface area contributed by atoms with Crippen LogP contribution in [0.2, 0.25) is 0 Å². The predicted molar refractivity (Wildman–Crippen MR) is 107 cm³/mol. The SMILES string of the molecule is CC(=O)c1ccc(NC(=O)c2ccc(COc3ccc(I)cc3)o2)cc1. The van der Waals surface area contributed by atoms with Crippen LogP contribution < -0.4 is 10.1 Å². The Morgan fingerprint density at radius 1 is 1.00 bits per heavy atom. The maximum Gasteiger partial charge on any atom is 0.291 e. The van der Waals surface area contributed by atoms with E-state index in [-0.39, 0.29) is 24.1 Å². The first-order valence-corrected chi connectivity index (χ1v) is 8.98. The second kappa shape index (κ2) is 8.18. The number of hydrogen-bond acceptors (Lipinski definition) is 4. The van der Waals surface area contributed by atoms with Crippen molar-refractivity contribution in [2.45, 2.75) is 13.5 Å². The topological polar surface area (TPSA) is 68.5 Å². The first-order chi connectivity index (χ1) is 12.5. The molecule has 1 aromatic heterocycles. The summed E-state index contributed by atoms with van der Waals surface area (Å²) in [6.45, 7) is 1.73. The smallest absolute Gasteiger partial charge is 0.291 e. The summed E-state index contributed by atoms with van der Waals surface area (Å²) in [5, 5.41) is 2.73. The number of Topliss-reactive ketones (excluding diaryl/α,β-unsaturated/α-hetero) is 1. The third-order valence-electron chi connectivity index (χ3n) is 3.63. The Morgan fingerprint density at radius 3 is 2.35 bits per heavy atom. The van der Waals surface area contributed by atoms with Crippen molar-refractivity contribution in [2.75, 3.05) is 5.32 Å². The molecule has 1 N–H and O–H groups in total. The lowest BCUT2D eigenvalue weighted by atomic mass is 10.1. The Morgan fingerprint density at radius 2 is 1.69 bits per heavy atom. The molecule has 0 aliphatic carbocycles. The van der Waals surface area contributed by atoms with Gasteiger partial charge < -0.3 is 14.5 Å². The minimum absolute atomic E-state index is 0.0216. The van der Waals surface area contributed by atoms with Crippen molar-refractivity contribution >= 4 is 40.0 Å². The Balaban J connectivity index is 1.58. The minimum atomic E-state index is -0.360. The summed E-state index contributed by atoms with van der Waals surface area (Å²) in [5.74, 6) is 1.11. The first kappa shape index (κ1) is 18.2. The fourth-order valence-corrected chi connectivity index (χ4v) is 2.60. The Bertz CT molecular complexity index is 914. The summed E-state index contributed by atoms with van der Waals surface area (Å²) in [6.07, 6.45) is 0. The number of hydrogen-bond donors (Lipinski definition) is 1. The normalized spacial score (nSPS) is 10.4. The summed E-state index contributed by atoms with van der Waals surface area (Å²) >= 11 is 2.23. The van der Waals surface area contributed by atoms with E-state index in [9.17, 15) is 9.59 Å². The van der Waals surface area contributed by atoms with Crippen LogP contribution in [0.5, 0.6) is 5.75 Å². The molecule has 1 amide bonds. The molecule has 0 fully saturated rings. The summed E-state index contributed by atoms with van der Waals surface area (Å²) in [5.41, 5.74) is 1.18. The molecule has 3 aromatic rings. The molecule has 0 saturated carbocycles. The van der Waals surface area contributed by atoms with Crippen molar-refractivity contribution in [1.29, 1.82) is 0 Å². The van der Waals surface area contributed by atoms with Gasteiger partial charge in [0.2, 0.25) is 0 Å². The fraction of sp³-hybridized carbons (Fsp3) is 0.100. The van der Waals surface area contributed by atoms with E-state index in [1.54, 1.807) is 36.4 Å². The number of carbonyl (C=O) groups is 2. The van der Waals surface area contributed by atoms with Crippen LogP contribution in [0.25, 0.3) is 0 Å². The van der Waals surface area contributed by atoms with Gasteiger partial charge in [0.1, 0.15) is 18.1 Å². The molecular formula is C20H16INO4. The van der Waals surface area contributed by atoms with Crippen LogP contribution in [0.4, 0.5) is 5.69 Å². The molecule has 6 heteroatoms. The third-order valence-corrected chi connectivity index (χ3v) is 4.35. The van der Waals surface area contributed by atoms with E-state index in [1.807, 2.05) is 24.3 Å². The number of furan rings is 1. The number of carbonyl (C=O) groups excluding carboxylic acids is 2. The largest absolute Gasteiger partial charge is 0.486 e. The van der Waals surface area contributed by atoms with E-state index in [0.717, 1.165) is 9.32 Å². The number of nitrogens with one attached hydrogen (secondary N) is 1. The molecule has 5 nitrogen and oxygen atoms in total. The highest BCUT2D eigenvalue weighted by atomic mass is 127. The summed E-state index contributed by atoms with van der Waals surface area (Å²) in [6, 6.07) is 17.7. The molecule has 0 spiro atoms. The standard InChI is InChI=1S/C20H16INO4/c1-13(23)14-2-6-16(7-3-14)22-20(24)19-11-10-18(26-19)12-25-17-8-4-15(21)5-9-17/h2-11H,12H2,1H3,(H,22,24). The van der Waals surface area contributed by atoms with Crippen molar-refractivity contribution in [3.63, 3.8) is 0 Å². The molecule has 0 unspecified atom stereocenters. The Kier molecular flexibility index (Phi) is 5.72. The van der Waals surface area contributed by atoms with Crippen LogP contribution in [0, 0.1) is 3.57 Å². The van der Waals surface area contributed by atoms with Crippen LogP contribution >= 0.6 is 22.6 Å². The van der Waals surface area contributed by atoms with Gasteiger partial charge in [0.25, 0.3) is 5.91 Å². The van der Waals surface area contributed by atoms with Gasteiger partial charge >= 0.3 is 0 Å². The highest BCUT2D eigenvalue weighted by Gasteiger charge is 2.12. The van der Waals surface area contributed by atoms with E-state index in [2.05, 4.69) is 27.9 Å². The van der Waals surface area contributed by atoms with Gasteiger partial charge in [0, 0.05) is 14.8 Å². The second-order valence-electron chi connectivity index (χ2n) is 5.60. The zero-order chi connectivity index (χ0) is 18.5. The van der Waals surface area contributed by atoms with Crippen LogP contribution in [0.15, 0.2) is 65.1 Å². The van der Waals surface area contributed by atoms with Gasteiger partial charge in [-0.1, -0.05) is 0 Å². The van der Waals surface area contributed by atoms with Crippen molar-refractivity contribution < 1.29 is 18.7 Å². The zero-order valence-electron chi connectivity index (χ0n) is 14.0. The number of amides is 1. The van der Waals surface area contributed by atoms with Crippen LogP contribution in [-0.4, -0.2) is 11.7 Å². The van der Waals surface area contributed by atoms with E-state index in [1.165, 1.54) is 6.92 Å². The summed E-state index contributed by atoms with van der Waals surface area (Å²) in [4.78, 5) is 23.5. The molecule has 132 valence electrons. The maximum atomic E-state index is 12.2. The molecule has 0 aliphatic rings. The van der Waals surface area contributed by atoms with Gasteiger partial charge in [-0.15, -0.1) is 0 Å². The number of benzene rings is 2. The highest BCUT2D eigenvalue weighted by Crippen LogP contribution is 2.17. The molecular weight excluding hydrogens is 445 g/mol. The van der Waals surface area contributed by atoms with Crippen LogP contribution in [-0.2, 0) is 6.61 Å². The molecule has 0 aliphatic heterocycles. The lowest BCUT2D eigenvalue weighted by molar-refractivity contribution is 0.0990. The van der Waals surface area contributed by atoms with E-state index < -0.39 is 0 Å². The maximum absolute atomic E-state index is 12.2. The quantitative estimate of drug-likeness (QED) is 0.418. The molecule has 0 atom stereocenters. The molecule has 0 bridgehead atoms. The van der Waals surface area contributed by atoms with Gasteiger partial charge in [0.05, 0.1) is 0 Å². The molecule has 2 aromatic carbocycles. The number of halogens is 1. The number of ketones is 1. The predicted octanol–water partition coefficient (Wildman–Crippen LogP) is 4.92. The lowest BCUT2D eigenvalue weighted by Gasteiger charge is -2.05. The van der Waals surface area contributed by atoms with Crippen molar-refractivity contribution in [3.8, 4) is 5.75 Å². The average molecular weight is 461 g/mol. The minimum Gasteiger partial charge on any atom is -0.486 e. The molecule has 26 heavy (non-hydrogen) atoms. The van der Waals surface area contributed by atoms with E-state index in [0.29, 0.717) is 17.0 Å².